The van der Waals surface area contributed by atoms with Gasteiger partial charge >= 0.3 is 0 Å². The molecule has 0 aromatic heterocycles. The molecule has 0 aromatic carbocycles. The van der Waals surface area contributed by atoms with Gasteiger partial charge in [-0.05, 0) is 13.3 Å². The summed E-state index contributed by atoms with van der Waals surface area (Å²) < 4.78 is 0. The third-order valence-corrected chi connectivity index (χ3v) is 0.983. The minimum absolute atomic E-state index is 1.11. The molecule has 9 heavy (non-hydrogen) atoms. The highest BCUT2D eigenvalue weighted by atomic mass is 15.4. The minimum atomic E-state index is 1.11. The third kappa shape index (κ3) is 5.34. The Kier molecular flexibility index (Phi) is 4.10. The maximum Gasteiger partial charge on any atom is 0.0349 e. The molecule has 0 aliphatic rings. The smallest absolute Gasteiger partial charge is 0.0349 e. The van der Waals surface area contributed by atoms with E-state index < -0.39 is 0 Å². The average molecular weight is 128 g/mol. The summed E-state index contributed by atoms with van der Waals surface area (Å²) >= 11 is 0. The molecule has 0 rings (SSSR count). The predicted molar refractivity (Wildman–Crippen MR) is 41.7 cm³/mol. The van der Waals surface area contributed by atoms with E-state index in [1.807, 2.05) is 19.1 Å². The van der Waals surface area contributed by atoms with E-state index in [9.17, 15) is 0 Å². The lowest BCUT2D eigenvalue weighted by molar-refractivity contribution is 0.435. The van der Waals surface area contributed by atoms with Gasteiger partial charge in [0.25, 0.3) is 0 Å². The molecule has 0 unspecified atom stereocenters. The van der Waals surface area contributed by atoms with Crippen molar-refractivity contribution in [3.05, 3.63) is 0 Å². The molecule has 0 amide bonds. The molecule has 0 radical (unpaired) electrons. The van der Waals surface area contributed by atoms with Crippen LogP contribution in [-0.2, 0) is 0 Å². The molecular weight excluding hydrogens is 112 g/mol. The Morgan fingerprint density at radius 2 is 2.00 bits per heavy atom. The molecule has 0 aliphatic heterocycles. The standard InChI is InChI=1S/C7H16N2/c1-5-6-7(2)8-9(3)4/h5-6H2,1-4H3. The van der Waals surface area contributed by atoms with Crippen LogP contribution in [0.25, 0.3) is 0 Å². The Bertz CT molecular complexity index is 95.1. The minimum Gasteiger partial charge on any atom is -0.303 e. The van der Waals surface area contributed by atoms with Crippen molar-refractivity contribution < 1.29 is 0 Å². The second kappa shape index (κ2) is 4.36. The van der Waals surface area contributed by atoms with Gasteiger partial charge in [-0.15, -0.1) is 0 Å². The average Bonchev–Trinajstić information content (AvgIpc) is 1.63. The summed E-state index contributed by atoms with van der Waals surface area (Å²) in [6.45, 7) is 4.22. The highest BCUT2D eigenvalue weighted by Crippen LogP contribution is 1.91. The van der Waals surface area contributed by atoms with Crippen LogP contribution in [0.3, 0.4) is 0 Å². The van der Waals surface area contributed by atoms with E-state index in [4.69, 9.17) is 0 Å². The Morgan fingerprint density at radius 3 is 2.33 bits per heavy atom. The van der Waals surface area contributed by atoms with Crippen molar-refractivity contribution in [3.63, 3.8) is 0 Å². The molecule has 2 heteroatoms. The van der Waals surface area contributed by atoms with Gasteiger partial charge in [-0.25, -0.2) is 0 Å². The van der Waals surface area contributed by atoms with Crippen molar-refractivity contribution in [2.24, 2.45) is 5.10 Å². The molecule has 0 saturated heterocycles. The van der Waals surface area contributed by atoms with Crippen molar-refractivity contribution in [3.8, 4) is 0 Å². The second-order valence-corrected chi connectivity index (χ2v) is 2.43. The molecule has 0 aromatic rings. The number of hydrazone groups is 1. The fraction of sp³-hybridized carbons (Fsp3) is 0.857. The van der Waals surface area contributed by atoms with Gasteiger partial charge < -0.3 is 5.01 Å². The first-order chi connectivity index (χ1) is 4.16. The maximum atomic E-state index is 4.22. The van der Waals surface area contributed by atoms with E-state index in [0.717, 1.165) is 6.42 Å². The summed E-state index contributed by atoms with van der Waals surface area (Å²) in [5.41, 5.74) is 1.21. The van der Waals surface area contributed by atoms with Crippen molar-refractivity contribution in [1.82, 2.24) is 5.01 Å². The van der Waals surface area contributed by atoms with Crippen molar-refractivity contribution in [1.29, 1.82) is 0 Å². The molecule has 0 bridgehead atoms. The summed E-state index contributed by atoms with van der Waals surface area (Å²) in [5, 5.41) is 6.06. The van der Waals surface area contributed by atoms with Gasteiger partial charge in [0, 0.05) is 19.8 Å². The predicted octanol–water partition coefficient (Wildman–Crippen LogP) is 1.72. The first-order valence-corrected chi connectivity index (χ1v) is 3.38. The van der Waals surface area contributed by atoms with Gasteiger partial charge in [0.05, 0.1) is 0 Å². The van der Waals surface area contributed by atoms with Crippen LogP contribution in [0, 0.1) is 0 Å². The first-order valence-electron chi connectivity index (χ1n) is 3.38. The molecule has 0 aliphatic carbocycles. The number of nitrogens with zero attached hydrogens (tertiary/aromatic N) is 2. The van der Waals surface area contributed by atoms with Gasteiger partial charge in [0.1, 0.15) is 0 Å². The van der Waals surface area contributed by atoms with Gasteiger partial charge in [-0.1, -0.05) is 13.3 Å². The Morgan fingerprint density at radius 1 is 1.44 bits per heavy atom. The fourth-order valence-corrected chi connectivity index (χ4v) is 0.753. The zero-order valence-electron chi connectivity index (χ0n) is 6.81. The first kappa shape index (κ1) is 8.47. The molecule has 0 heterocycles. The van der Waals surface area contributed by atoms with Gasteiger partial charge in [0.15, 0.2) is 0 Å². The van der Waals surface area contributed by atoms with Gasteiger partial charge in [0.2, 0.25) is 0 Å². The topological polar surface area (TPSA) is 15.6 Å². The van der Waals surface area contributed by atoms with Crippen molar-refractivity contribution in [2.45, 2.75) is 26.7 Å². The lowest BCUT2D eigenvalue weighted by Gasteiger charge is -2.05. The maximum absolute atomic E-state index is 4.22. The van der Waals surface area contributed by atoms with Crippen LogP contribution in [0.4, 0.5) is 0 Å². The molecule has 0 spiro atoms. The van der Waals surface area contributed by atoms with E-state index in [-0.39, 0.29) is 0 Å². The molecule has 54 valence electrons. The lowest BCUT2D eigenvalue weighted by atomic mass is 10.2. The fourth-order valence-electron chi connectivity index (χ4n) is 0.753. The summed E-state index contributed by atoms with van der Waals surface area (Å²) in [6, 6.07) is 0. The van der Waals surface area contributed by atoms with Crippen LogP contribution in [0.1, 0.15) is 26.7 Å². The highest BCUT2D eigenvalue weighted by molar-refractivity contribution is 5.81. The number of hydrogen-bond donors (Lipinski definition) is 0. The molecule has 0 atom stereocenters. The monoisotopic (exact) mass is 128 g/mol. The van der Waals surface area contributed by atoms with Crippen LogP contribution in [0.15, 0.2) is 5.10 Å². The van der Waals surface area contributed by atoms with Crippen LogP contribution in [-0.4, -0.2) is 24.8 Å². The zero-order chi connectivity index (χ0) is 7.28. The SMILES string of the molecule is CCCC(C)=NN(C)C. The van der Waals surface area contributed by atoms with Crippen LogP contribution < -0.4 is 0 Å². The van der Waals surface area contributed by atoms with E-state index >= 15 is 0 Å². The summed E-state index contributed by atoms with van der Waals surface area (Å²) in [6.07, 6.45) is 2.29. The normalized spacial score (nSPS) is 11.8. The third-order valence-electron chi connectivity index (χ3n) is 0.983. The summed E-state index contributed by atoms with van der Waals surface area (Å²) in [4.78, 5) is 0. The quantitative estimate of drug-likeness (QED) is 0.417. The van der Waals surface area contributed by atoms with Gasteiger partial charge in [-0.3, -0.25) is 0 Å². The highest BCUT2D eigenvalue weighted by Gasteiger charge is 1.87. The van der Waals surface area contributed by atoms with Crippen molar-refractivity contribution >= 4 is 5.71 Å². The van der Waals surface area contributed by atoms with E-state index in [1.54, 1.807) is 0 Å². The number of rotatable bonds is 3. The second-order valence-electron chi connectivity index (χ2n) is 2.43. The zero-order valence-corrected chi connectivity index (χ0v) is 6.81. The Balaban J connectivity index is 3.55. The molecule has 0 N–H and O–H groups in total. The van der Waals surface area contributed by atoms with E-state index in [1.165, 1.54) is 12.1 Å². The molecule has 0 saturated carbocycles. The van der Waals surface area contributed by atoms with Crippen LogP contribution >= 0.6 is 0 Å². The molecular formula is C7H16N2. The van der Waals surface area contributed by atoms with Crippen LogP contribution in [0.2, 0.25) is 0 Å². The van der Waals surface area contributed by atoms with Gasteiger partial charge in [-0.2, -0.15) is 5.10 Å². The Labute approximate surface area is 57.6 Å². The summed E-state index contributed by atoms with van der Waals surface area (Å²) in [5.74, 6) is 0. The number of hydrogen-bond acceptors (Lipinski definition) is 2. The Hall–Kier alpha value is -0.530. The van der Waals surface area contributed by atoms with E-state index in [2.05, 4.69) is 18.9 Å². The lowest BCUT2D eigenvalue weighted by Crippen LogP contribution is -2.05. The van der Waals surface area contributed by atoms with E-state index in [0.29, 0.717) is 0 Å². The van der Waals surface area contributed by atoms with Crippen molar-refractivity contribution in [2.75, 3.05) is 14.1 Å². The largest absolute Gasteiger partial charge is 0.303 e. The van der Waals surface area contributed by atoms with Crippen LogP contribution in [0.5, 0.6) is 0 Å². The molecule has 2 nitrogen and oxygen atoms in total. The summed E-state index contributed by atoms with van der Waals surface area (Å²) in [7, 11) is 3.89. The molecule has 0 fully saturated rings.